The smallest absolute Gasteiger partial charge is 0.240 e. The van der Waals surface area contributed by atoms with Gasteiger partial charge in [0, 0.05) is 0 Å². The van der Waals surface area contributed by atoms with Crippen LogP contribution in [0, 0.1) is 0 Å². The molecule has 2 aromatic rings. The number of nitrogens with zero attached hydrogens (tertiary/aromatic N) is 2. The molecule has 0 radical (unpaired) electrons. The summed E-state index contributed by atoms with van der Waals surface area (Å²) in [7, 11) is 0. The average Bonchev–Trinajstić information content (AvgIpc) is 2.78. The van der Waals surface area contributed by atoms with Crippen molar-refractivity contribution >= 4 is 0 Å². The van der Waals surface area contributed by atoms with Gasteiger partial charge in [-0.15, -0.1) is 0 Å². The van der Waals surface area contributed by atoms with Crippen molar-refractivity contribution in [2.45, 2.75) is 12.6 Å². The van der Waals surface area contributed by atoms with Gasteiger partial charge in [0.2, 0.25) is 5.89 Å². The molecule has 15 heavy (non-hydrogen) atoms. The average molecular weight is 204 g/mol. The fourth-order valence-corrected chi connectivity index (χ4v) is 1.29. The number of aromatic nitrogens is 2. The molecule has 1 aromatic heterocycles. The van der Waals surface area contributed by atoms with Crippen LogP contribution >= 0.6 is 0 Å². The van der Waals surface area contributed by atoms with Gasteiger partial charge in [-0.25, -0.2) is 0 Å². The normalized spacial score (nSPS) is 12.7. The van der Waals surface area contributed by atoms with Crippen molar-refractivity contribution in [3.8, 4) is 0 Å². The van der Waals surface area contributed by atoms with E-state index in [1.807, 2.05) is 30.3 Å². The van der Waals surface area contributed by atoms with Crippen molar-refractivity contribution in [3.05, 3.63) is 47.6 Å². The molecule has 1 aromatic carbocycles. The molecule has 0 spiro atoms. The zero-order chi connectivity index (χ0) is 10.7. The Labute approximate surface area is 87.1 Å². The lowest BCUT2D eigenvalue weighted by Gasteiger charge is -2.05. The maximum Gasteiger partial charge on any atom is 0.240 e. The Bertz CT molecular complexity index is 426. The van der Waals surface area contributed by atoms with Crippen molar-refractivity contribution in [2.24, 2.45) is 11.5 Å². The van der Waals surface area contributed by atoms with Crippen LogP contribution in [-0.4, -0.2) is 10.1 Å². The SMILES string of the molecule is NCc1nc(C(N)c2ccccc2)no1. The van der Waals surface area contributed by atoms with Crippen LogP contribution in [0.4, 0.5) is 0 Å². The molecular weight excluding hydrogens is 192 g/mol. The highest BCUT2D eigenvalue weighted by molar-refractivity contribution is 5.23. The quantitative estimate of drug-likeness (QED) is 0.763. The monoisotopic (exact) mass is 204 g/mol. The maximum atomic E-state index is 5.96. The number of rotatable bonds is 3. The van der Waals surface area contributed by atoms with Gasteiger partial charge in [0.25, 0.3) is 0 Å². The minimum absolute atomic E-state index is 0.231. The Morgan fingerprint density at radius 2 is 2.00 bits per heavy atom. The zero-order valence-electron chi connectivity index (χ0n) is 8.13. The van der Waals surface area contributed by atoms with E-state index < -0.39 is 0 Å². The molecule has 4 N–H and O–H groups in total. The van der Waals surface area contributed by atoms with Crippen molar-refractivity contribution < 1.29 is 4.52 Å². The largest absolute Gasteiger partial charge is 0.338 e. The van der Waals surface area contributed by atoms with Crippen LogP contribution in [0.1, 0.15) is 23.3 Å². The first kappa shape index (κ1) is 9.82. The summed E-state index contributed by atoms with van der Waals surface area (Å²) in [5.74, 6) is 0.859. The van der Waals surface area contributed by atoms with Crippen LogP contribution in [0.5, 0.6) is 0 Å². The lowest BCUT2D eigenvalue weighted by Crippen LogP contribution is -2.13. The molecule has 5 nitrogen and oxygen atoms in total. The van der Waals surface area contributed by atoms with Crippen LogP contribution in [0.3, 0.4) is 0 Å². The summed E-state index contributed by atoms with van der Waals surface area (Å²) in [5, 5.41) is 3.77. The Morgan fingerprint density at radius 3 is 2.60 bits per heavy atom. The van der Waals surface area contributed by atoms with Gasteiger partial charge in [-0.1, -0.05) is 35.5 Å². The molecule has 0 aliphatic rings. The predicted octanol–water partition coefficient (Wildman–Crippen LogP) is 0.576. The summed E-state index contributed by atoms with van der Waals surface area (Å²) in [5.41, 5.74) is 12.3. The summed E-state index contributed by atoms with van der Waals surface area (Å²) in [6.07, 6.45) is 0. The third-order valence-electron chi connectivity index (χ3n) is 2.10. The van der Waals surface area contributed by atoms with Gasteiger partial charge in [-0.05, 0) is 5.56 Å². The van der Waals surface area contributed by atoms with Crippen LogP contribution in [0.15, 0.2) is 34.9 Å². The van der Waals surface area contributed by atoms with Gasteiger partial charge >= 0.3 is 0 Å². The molecule has 0 saturated carbocycles. The van der Waals surface area contributed by atoms with Gasteiger partial charge in [-0.3, -0.25) is 0 Å². The van der Waals surface area contributed by atoms with Crippen molar-refractivity contribution in [3.63, 3.8) is 0 Å². The second-order valence-corrected chi connectivity index (χ2v) is 3.14. The van der Waals surface area contributed by atoms with Gasteiger partial charge in [-0.2, -0.15) is 4.98 Å². The highest BCUT2D eigenvalue weighted by atomic mass is 16.5. The molecule has 1 heterocycles. The second kappa shape index (κ2) is 4.20. The molecule has 0 fully saturated rings. The molecule has 78 valence electrons. The number of benzene rings is 1. The first-order valence-corrected chi connectivity index (χ1v) is 4.64. The van der Waals surface area contributed by atoms with Crippen molar-refractivity contribution in [1.29, 1.82) is 0 Å². The second-order valence-electron chi connectivity index (χ2n) is 3.14. The van der Waals surface area contributed by atoms with Gasteiger partial charge in [0.05, 0.1) is 12.6 Å². The molecule has 0 amide bonds. The number of nitrogens with two attached hydrogens (primary N) is 2. The zero-order valence-corrected chi connectivity index (χ0v) is 8.13. The summed E-state index contributed by atoms with van der Waals surface area (Å²) in [4.78, 5) is 4.08. The fraction of sp³-hybridized carbons (Fsp3) is 0.200. The molecule has 2 rings (SSSR count). The van der Waals surface area contributed by atoms with Crippen molar-refractivity contribution in [2.75, 3.05) is 0 Å². The maximum absolute atomic E-state index is 5.96. The molecule has 0 aliphatic heterocycles. The summed E-state index contributed by atoms with van der Waals surface area (Å²) >= 11 is 0. The van der Waals surface area contributed by atoms with Crippen LogP contribution < -0.4 is 11.5 Å². The van der Waals surface area contributed by atoms with E-state index in [0.29, 0.717) is 11.7 Å². The van der Waals surface area contributed by atoms with Crippen molar-refractivity contribution in [1.82, 2.24) is 10.1 Å². The van der Waals surface area contributed by atoms with Gasteiger partial charge < -0.3 is 16.0 Å². The molecule has 0 bridgehead atoms. The predicted molar refractivity (Wildman–Crippen MR) is 54.7 cm³/mol. The van der Waals surface area contributed by atoms with Crippen LogP contribution in [0.2, 0.25) is 0 Å². The number of hydrogen-bond donors (Lipinski definition) is 2. The molecule has 0 aliphatic carbocycles. The third-order valence-corrected chi connectivity index (χ3v) is 2.10. The Morgan fingerprint density at radius 1 is 1.27 bits per heavy atom. The molecule has 1 unspecified atom stereocenters. The Hall–Kier alpha value is -1.72. The topological polar surface area (TPSA) is 91.0 Å². The Kier molecular flexibility index (Phi) is 2.75. The van der Waals surface area contributed by atoms with E-state index in [-0.39, 0.29) is 12.6 Å². The van der Waals surface area contributed by atoms with E-state index in [2.05, 4.69) is 10.1 Å². The molecule has 0 saturated heterocycles. The number of hydrogen-bond acceptors (Lipinski definition) is 5. The lowest BCUT2D eigenvalue weighted by atomic mass is 10.1. The third kappa shape index (κ3) is 2.03. The van der Waals surface area contributed by atoms with E-state index in [9.17, 15) is 0 Å². The highest BCUT2D eigenvalue weighted by Crippen LogP contribution is 2.15. The first-order chi connectivity index (χ1) is 7.31. The minimum atomic E-state index is -0.366. The molecular formula is C10H12N4O. The van der Waals surface area contributed by atoms with Crippen LogP contribution in [-0.2, 0) is 6.54 Å². The van der Waals surface area contributed by atoms with E-state index >= 15 is 0 Å². The van der Waals surface area contributed by atoms with E-state index in [1.165, 1.54) is 0 Å². The summed E-state index contributed by atoms with van der Waals surface area (Å²) in [6, 6.07) is 9.23. The molecule has 1 atom stereocenters. The summed E-state index contributed by atoms with van der Waals surface area (Å²) in [6.45, 7) is 0.231. The molecule has 5 heteroatoms. The highest BCUT2D eigenvalue weighted by Gasteiger charge is 2.14. The lowest BCUT2D eigenvalue weighted by molar-refractivity contribution is 0.373. The van der Waals surface area contributed by atoms with E-state index in [4.69, 9.17) is 16.0 Å². The van der Waals surface area contributed by atoms with Gasteiger partial charge in [0.15, 0.2) is 5.82 Å². The fourth-order valence-electron chi connectivity index (χ4n) is 1.29. The van der Waals surface area contributed by atoms with E-state index in [1.54, 1.807) is 0 Å². The Balaban J connectivity index is 2.24. The van der Waals surface area contributed by atoms with E-state index in [0.717, 1.165) is 5.56 Å². The van der Waals surface area contributed by atoms with Gasteiger partial charge in [0.1, 0.15) is 0 Å². The summed E-state index contributed by atoms with van der Waals surface area (Å²) < 4.78 is 4.89. The minimum Gasteiger partial charge on any atom is -0.338 e. The van der Waals surface area contributed by atoms with Crippen LogP contribution in [0.25, 0.3) is 0 Å². The first-order valence-electron chi connectivity index (χ1n) is 4.64. The standard InChI is InChI=1S/C10H12N4O/c11-6-8-13-10(14-15-8)9(12)7-4-2-1-3-5-7/h1-5,9H,6,11-12H2.